The summed E-state index contributed by atoms with van der Waals surface area (Å²) in [5, 5.41) is 241. The molecule has 22 N–H and O–H groups in total. The highest BCUT2D eigenvalue weighted by atomic mass is 16.4. The molecule has 0 aliphatic rings. The molecule has 0 aliphatic heterocycles. The summed E-state index contributed by atoms with van der Waals surface area (Å²) >= 11 is 0. The zero-order valence-corrected chi connectivity index (χ0v) is 30.7. The van der Waals surface area contributed by atoms with Crippen LogP contribution in [-0.2, 0) is 0 Å². The number of nitrogens with zero attached hydrogens (tertiary/aromatic N) is 2. The monoisotopic (exact) mass is 860 g/mol. The summed E-state index contributed by atoms with van der Waals surface area (Å²) in [7, 11) is 1.89. The Balaban J connectivity index is 1.76. The predicted molar refractivity (Wildman–Crippen MR) is 214 cm³/mol. The second kappa shape index (κ2) is 12.1. The highest BCUT2D eigenvalue weighted by Crippen LogP contribution is 2.64. The molecule has 8 aromatic rings. The van der Waals surface area contributed by atoms with Gasteiger partial charge in [-0.3, -0.25) is 9.13 Å². The van der Waals surface area contributed by atoms with Crippen molar-refractivity contribution in [3.63, 3.8) is 0 Å². The van der Waals surface area contributed by atoms with Crippen molar-refractivity contribution in [2.75, 3.05) is 0 Å². The lowest BCUT2D eigenvalue weighted by atomic mass is 9.87. The minimum absolute atomic E-state index is 0.263. The second-order valence-corrected chi connectivity index (χ2v) is 13.9. The van der Waals surface area contributed by atoms with Crippen molar-refractivity contribution < 1.29 is 112 Å². The largest absolute Gasteiger partial charge is 0.506 e. The molecule has 2 heterocycles. The molecule has 318 valence electrons. The van der Waals surface area contributed by atoms with E-state index in [1.807, 2.05) is 0 Å². The highest BCUT2D eigenvalue weighted by molar-refractivity contribution is 6.40. The Morgan fingerprint density at radius 1 is 0.210 bits per heavy atom. The second-order valence-electron chi connectivity index (χ2n) is 13.9. The van der Waals surface area contributed by atoms with Crippen LogP contribution in [0.1, 0.15) is 0 Å². The van der Waals surface area contributed by atoms with E-state index in [0.29, 0.717) is 0 Å². The van der Waals surface area contributed by atoms with Crippen molar-refractivity contribution >= 4 is 70.2 Å². The van der Waals surface area contributed by atoms with E-state index in [2.05, 4.69) is 0 Å². The molecule has 0 unspecified atom stereocenters. The molecule has 0 amide bonds. The van der Waals surface area contributed by atoms with Gasteiger partial charge in [0, 0.05) is 0 Å². The maximum Gasteiger partial charge on any atom is 0.206 e. The molecule has 24 nitrogen and oxygen atoms in total. The molecule has 26 heteroatoms. The molecular weight excluding hydrogens is 834 g/mol. The van der Waals surface area contributed by atoms with E-state index in [9.17, 15) is 112 Å². The number of benzene rings is 6. The Labute approximate surface area is 340 Å². The fourth-order valence-corrected chi connectivity index (χ4v) is 7.77. The van der Waals surface area contributed by atoms with Crippen LogP contribution < -0.4 is 10.9 Å². The van der Waals surface area contributed by atoms with Crippen LogP contribution in [0.15, 0.2) is 0 Å². The molecular formula is C36H26B2N2O22. The Bertz CT molecular complexity index is 3080. The third-order valence-corrected chi connectivity index (χ3v) is 10.8. The summed E-state index contributed by atoms with van der Waals surface area (Å²) < 4.78 is 0.548. The number of aromatic hydroxyl groups is 22. The minimum Gasteiger partial charge on any atom is -0.506 e. The maximum absolute atomic E-state index is 11.9. The van der Waals surface area contributed by atoms with Crippen molar-refractivity contribution in [1.29, 1.82) is 0 Å². The van der Waals surface area contributed by atoms with Crippen molar-refractivity contribution in [2.45, 2.75) is 0 Å². The molecule has 2 aromatic heterocycles. The summed E-state index contributed by atoms with van der Waals surface area (Å²) in [5.41, 5.74) is -11.2. The van der Waals surface area contributed by atoms with Crippen LogP contribution in [0.4, 0.5) is 0 Å². The van der Waals surface area contributed by atoms with Crippen LogP contribution in [0, 0.1) is 0 Å². The lowest BCUT2D eigenvalue weighted by Crippen LogP contribution is -2.12. The summed E-state index contributed by atoms with van der Waals surface area (Å²) in [6, 6.07) is 0. The first kappa shape index (κ1) is 39.5. The molecule has 6 aromatic carbocycles. The number of rotatable bonds is 3. The van der Waals surface area contributed by atoms with Gasteiger partial charge in [-0.15, -0.1) is 0 Å². The number of hydrogen-bond donors (Lipinski definition) is 22. The highest BCUT2D eigenvalue weighted by Gasteiger charge is 2.40. The van der Waals surface area contributed by atoms with E-state index >= 15 is 0 Å². The Morgan fingerprint density at radius 2 is 0.435 bits per heavy atom. The summed E-state index contributed by atoms with van der Waals surface area (Å²) in [6.45, 7) is 0. The molecule has 0 spiro atoms. The van der Waals surface area contributed by atoms with E-state index in [4.69, 9.17) is 0 Å². The lowest BCUT2D eigenvalue weighted by molar-refractivity contribution is 0.345. The number of phenols is 22. The van der Waals surface area contributed by atoms with Crippen molar-refractivity contribution in [3.8, 4) is 149 Å². The van der Waals surface area contributed by atoms with Crippen molar-refractivity contribution in [2.24, 2.45) is 0 Å². The van der Waals surface area contributed by atoms with Gasteiger partial charge in [-0.05, 0) is 10.9 Å². The van der Waals surface area contributed by atoms with Crippen LogP contribution in [-0.4, -0.2) is 137 Å². The van der Waals surface area contributed by atoms with Gasteiger partial charge < -0.3 is 112 Å². The van der Waals surface area contributed by atoms with E-state index < -0.39 is 204 Å². The number of phenolic OH excluding ortho intramolecular Hbond substituents is 22. The van der Waals surface area contributed by atoms with E-state index in [1.165, 1.54) is 0 Å². The van der Waals surface area contributed by atoms with Gasteiger partial charge >= 0.3 is 0 Å². The number of fused-ring (bicyclic) bond motifs is 6. The average molecular weight is 860 g/mol. The van der Waals surface area contributed by atoms with Gasteiger partial charge in [0.1, 0.15) is 60.6 Å². The summed E-state index contributed by atoms with van der Waals surface area (Å²) in [5.74, 6) is -32.6. The fraction of sp³-hybridized carbons (Fsp3) is 0. The quantitative estimate of drug-likeness (QED) is 0.0609. The predicted octanol–water partition coefficient (Wildman–Crippen LogP) is -0.412. The lowest BCUT2D eigenvalue weighted by Gasteiger charge is -2.25. The molecule has 0 saturated carbocycles. The van der Waals surface area contributed by atoms with Gasteiger partial charge in [-0.1, -0.05) is 0 Å². The maximum atomic E-state index is 11.9. The first-order valence-electron chi connectivity index (χ1n) is 17.0. The fourth-order valence-electron chi connectivity index (χ4n) is 7.77. The molecule has 0 atom stereocenters. The zero-order chi connectivity index (χ0) is 45.9. The summed E-state index contributed by atoms with van der Waals surface area (Å²) in [6.07, 6.45) is 0. The molecule has 0 fully saturated rings. The van der Waals surface area contributed by atoms with Gasteiger partial charge in [0.15, 0.2) is 69.0 Å². The number of hydrogen-bond acceptors (Lipinski definition) is 22. The number of aromatic nitrogens is 2. The first-order chi connectivity index (χ1) is 28.9. The van der Waals surface area contributed by atoms with Gasteiger partial charge in [0.25, 0.3) is 0 Å². The van der Waals surface area contributed by atoms with Gasteiger partial charge in [-0.25, -0.2) is 0 Å². The molecule has 0 aliphatic carbocycles. The molecule has 8 rings (SSSR count). The SMILES string of the molecule is Bc1c(O)c(O)c(-c2c(O)c(O)c(O)c(O)c2-n2c3c(O)c(B)c(O)c(O)c3c3c(O)c(O)c(O)c(O)c32)c(-n2c3c(O)c(O)c(O)c(O)c3c3c(O)c(O)c(O)c(O)c32)c1O. The van der Waals surface area contributed by atoms with E-state index in [-0.39, 0.29) is 9.13 Å². The standard InChI is InChI=1S/C36H26B2N2O22/c37-7-21(47)9-1(15(41)23(7)49)3-11(25(51)33(59)29(55)17(3)43)39(9)12-4(18(44)30(56)34(60)26(12)52)2-10(22(48)8(38)24(50)16(2)42)40-13-5(19(45)31(57)35(61)27(13)53)6-14(40)28(54)36(62)32(58)20(6)46/h41-62H,37-38H2. The molecule has 0 bridgehead atoms. The van der Waals surface area contributed by atoms with Crippen LogP contribution >= 0.6 is 0 Å². The van der Waals surface area contributed by atoms with Gasteiger partial charge in [-0.2, -0.15) is 0 Å². The van der Waals surface area contributed by atoms with Crippen LogP contribution in [0.5, 0.6) is 126 Å². The van der Waals surface area contributed by atoms with Gasteiger partial charge in [0.2, 0.25) is 46.0 Å². The smallest absolute Gasteiger partial charge is 0.206 e. The Morgan fingerprint density at radius 3 is 0.806 bits per heavy atom. The van der Waals surface area contributed by atoms with Crippen LogP contribution in [0.3, 0.4) is 0 Å². The normalized spacial score (nSPS) is 11.8. The molecule has 0 saturated heterocycles. The zero-order valence-electron chi connectivity index (χ0n) is 30.7. The van der Waals surface area contributed by atoms with Crippen LogP contribution in [0.25, 0.3) is 66.1 Å². The minimum atomic E-state index is -1.73. The first-order valence-corrected chi connectivity index (χ1v) is 17.0. The Hall–Kier alpha value is -9.35. The van der Waals surface area contributed by atoms with E-state index in [0.717, 1.165) is 15.7 Å². The third kappa shape index (κ3) is 4.29. The molecule has 0 radical (unpaired) electrons. The summed E-state index contributed by atoms with van der Waals surface area (Å²) in [4.78, 5) is 0. The van der Waals surface area contributed by atoms with Crippen molar-refractivity contribution in [1.82, 2.24) is 9.13 Å². The topological polar surface area (TPSA) is 455 Å². The molecule has 62 heavy (non-hydrogen) atoms. The van der Waals surface area contributed by atoms with Crippen molar-refractivity contribution in [3.05, 3.63) is 0 Å². The average Bonchev–Trinajstić information content (AvgIpc) is 3.79. The van der Waals surface area contributed by atoms with E-state index in [1.54, 1.807) is 0 Å². The Kier molecular flexibility index (Phi) is 7.70. The van der Waals surface area contributed by atoms with Crippen LogP contribution in [0.2, 0.25) is 0 Å². The third-order valence-electron chi connectivity index (χ3n) is 10.8. The van der Waals surface area contributed by atoms with Gasteiger partial charge in [0.05, 0.1) is 32.7 Å².